The number of pyridine rings is 1. The van der Waals surface area contributed by atoms with Crippen LogP contribution < -0.4 is 0 Å². The number of nitrogens with zero attached hydrogens (tertiary/aromatic N) is 1. The van der Waals surface area contributed by atoms with Gasteiger partial charge < -0.3 is 5.11 Å². The minimum absolute atomic E-state index is 0.172. The molecule has 0 unspecified atom stereocenters. The summed E-state index contributed by atoms with van der Waals surface area (Å²) in [4.78, 5) is 3.50. The van der Waals surface area contributed by atoms with E-state index >= 15 is 0 Å². The summed E-state index contributed by atoms with van der Waals surface area (Å²) >= 11 is 1.89. The maximum Gasteiger partial charge on any atom is 0.280 e. The molecule has 0 aliphatic rings. The third kappa shape index (κ3) is 2.10. The molecular weight excluding hydrogens is 279 g/mol. The molecule has 0 amide bonds. The molecule has 5 heteroatoms. The van der Waals surface area contributed by atoms with Gasteiger partial charge >= 0.3 is 0 Å². The number of halogens is 3. The average Bonchev–Trinajstić information content (AvgIpc) is 2.04. The van der Waals surface area contributed by atoms with Crippen LogP contribution in [0.2, 0.25) is 0 Å². The molecular formula is C7H6F2INO. The fourth-order valence-corrected chi connectivity index (χ4v) is 1.34. The van der Waals surface area contributed by atoms with E-state index in [9.17, 15) is 8.78 Å². The zero-order chi connectivity index (χ0) is 9.14. The number of hydrogen-bond acceptors (Lipinski definition) is 2. The quantitative estimate of drug-likeness (QED) is 0.844. The largest absolute Gasteiger partial charge is 0.392 e. The maximum absolute atomic E-state index is 12.1. The van der Waals surface area contributed by atoms with E-state index < -0.39 is 6.43 Å². The predicted octanol–water partition coefficient (Wildman–Crippen LogP) is 2.12. The summed E-state index contributed by atoms with van der Waals surface area (Å²) in [6.45, 7) is -0.172. The summed E-state index contributed by atoms with van der Waals surface area (Å²) in [5.41, 5.74) is 0.316. The van der Waals surface area contributed by atoms with Crippen LogP contribution >= 0.6 is 22.6 Å². The molecule has 0 spiro atoms. The molecule has 1 aromatic rings. The molecule has 0 saturated carbocycles. The minimum Gasteiger partial charge on any atom is -0.392 e. The van der Waals surface area contributed by atoms with Gasteiger partial charge in [0.1, 0.15) is 5.69 Å². The Labute approximate surface area is 81.8 Å². The normalized spacial score (nSPS) is 10.8. The first-order valence-electron chi connectivity index (χ1n) is 3.18. The van der Waals surface area contributed by atoms with Crippen molar-refractivity contribution >= 4 is 22.6 Å². The zero-order valence-corrected chi connectivity index (χ0v) is 8.12. The molecule has 0 fully saturated rings. The molecule has 1 aromatic heterocycles. The Balaban J connectivity index is 3.02. The van der Waals surface area contributed by atoms with E-state index in [0.717, 1.165) is 0 Å². The van der Waals surface area contributed by atoms with E-state index in [1.165, 1.54) is 12.3 Å². The van der Waals surface area contributed by atoms with Gasteiger partial charge in [0.25, 0.3) is 6.43 Å². The van der Waals surface area contributed by atoms with E-state index in [2.05, 4.69) is 4.98 Å². The topological polar surface area (TPSA) is 33.1 Å². The van der Waals surface area contributed by atoms with Crippen molar-refractivity contribution in [1.29, 1.82) is 0 Å². The van der Waals surface area contributed by atoms with Crippen molar-refractivity contribution in [3.05, 3.63) is 27.1 Å². The van der Waals surface area contributed by atoms with E-state index in [0.29, 0.717) is 9.13 Å². The number of hydrogen-bond donors (Lipinski definition) is 1. The smallest absolute Gasteiger partial charge is 0.280 e. The van der Waals surface area contributed by atoms with E-state index in [1.807, 2.05) is 22.6 Å². The number of aromatic nitrogens is 1. The lowest BCUT2D eigenvalue weighted by atomic mass is 10.2. The van der Waals surface area contributed by atoms with Gasteiger partial charge in [0.15, 0.2) is 0 Å². The lowest BCUT2D eigenvalue weighted by molar-refractivity contribution is 0.146. The van der Waals surface area contributed by atoms with Crippen molar-refractivity contribution in [2.24, 2.45) is 0 Å². The number of aliphatic hydroxyl groups is 1. The van der Waals surface area contributed by atoms with Gasteiger partial charge in [0.05, 0.1) is 6.61 Å². The fraction of sp³-hybridized carbons (Fsp3) is 0.286. The highest BCUT2D eigenvalue weighted by Gasteiger charge is 2.10. The first kappa shape index (κ1) is 9.79. The Morgan fingerprint density at radius 3 is 2.67 bits per heavy atom. The summed E-state index contributed by atoms with van der Waals surface area (Å²) in [5.74, 6) is 0. The zero-order valence-electron chi connectivity index (χ0n) is 5.97. The molecule has 66 valence electrons. The predicted molar refractivity (Wildman–Crippen MR) is 47.8 cm³/mol. The summed E-state index contributed by atoms with van der Waals surface area (Å²) in [7, 11) is 0. The highest BCUT2D eigenvalue weighted by Crippen LogP contribution is 2.20. The van der Waals surface area contributed by atoms with Crippen LogP contribution in [-0.2, 0) is 6.61 Å². The van der Waals surface area contributed by atoms with E-state index in [1.54, 1.807) is 0 Å². The Bertz CT molecular complexity index is 280. The number of alkyl halides is 2. The van der Waals surface area contributed by atoms with Gasteiger partial charge in [-0.25, -0.2) is 8.78 Å². The molecule has 0 aromatic carbocycles. The van der Waals surface area contributed by atoms with Gasteiger partial charge in [0, 0.05) is 15.3 Å². The maximum atomic E-state index is 12.1. The molecule has 0 atom stereocenters. The molecule has 0 radical (unpaired) electrons. The second-order valence-corrected chi connectivity index (χ2v) is 3.32. The van der Waals surface area contributed by atoms with Gasteiger partial charge in [-0.3, -0.25) is 4.98 Å². The summed E-state index contributed by atoms with van der Waals surface area (Å²) in [5, 5.41) is 8.72. The van der Waals surface area contributed by atoms with Gasteiger partial charge in [-0.1, -0.05) is 0 Å². The standard InChI is InChI=1S/C7H6F2INO/c8-7(9)6-1-5(10)4(3-12)2-11-6/h1-2,7,12H,3H2. The molecule has 1 heterocycles. The van der Waals surface area contributed by atoms with Crippen molar-refractivity contribution in [1.82, 2.24) is 4.98 Å². The summed E-state index contributed by atoms with van der Waals surface area (Å²) in [6.07, 6.45) is -1.28. The monoisotopic (exact) mass is 285 g/mol. The molecule has 2 nitrogen and oxygen atoms in total. The third-order valence-electron chi connectivity index (χ3n) is 1.34. The Hall–Kier alpha value is -0.300. The van der Waals surface area contributed by atoms with Gasteiger partial charge in [-0.2, -0.15) is 0 Å². The van der Waals surface area contributed by atoms with Crippen LogP contribution in [0.3, 0.4) is 0 Å². The fourth-order valence-electron chi connectivity index (χ4n) is 0.710. The lowest BCUT2D eigenvalue weighted by Crippen LogP contribution is -1.95. The van der Waals surface area contributed by atoms with Gasteiger partial charge in [-0.15, -0.1) is 0 Å². The molecule has 0 saturated heterocycles. The van der Waals surface area contributed by atoms with Crippen LogP contribution in [0.15, 0.2) is 12.3 Å². The minimum atomic E-state index is -2.55. The van der Waals surface area contributed by atoms with Crippen LogP contribution in [0.4, 0.5) is 8.78 Å². The number of rotatable bonds is 2. The summed E-state index contributed by atoms with van der Waals surface area (Å²) in [6, 6.07) is 1.27. The summed E-state index contributed by atoms with van der Waals surface area (Å²) < 4.78 is 24.7. The van der Waals surface area contributed by atoms with Crippen molar-refractivity contribution in [3.63, 3.8) is 0 Å². The Kier molecular flexibility index (Phi) is 3.33. The van der Waals surface area contributed by atoms with Crippen LogP contribution in [0.25, 0.3) is 0 Å². The van der Waals surface area contributed by atoms with Gasteiger partial charge in [-0.05, 0) is 28.7 Å². The molecule has 1 rings (SSSR count). The second-order valence-electron chi connectivity index (χ2n) is 2.16. The molecule has 1 N–H and O–H groups in total. The van der Waals surface area contributed by atoms with Crippen LogP contribution in [0.1, 0.15) is 17.7 Å². The van der Waals surface area contributed by atoms with E-state index in [-0.39, 0.29) is 12.3 Å². The Morgan fingerprint density at radius 1 is 1.58 bits per heavy atom. The van der Waals surface area contributed by atoms with Crippen molar-refractivity contribution in [2.75, 3.05) is 0 Å². The van der Waals surface area contributed by atoms with Crippen LogP contribution in [-0.4, -0.2) is 10.1 Å². The highest BCUT2D eigenvalue weighted by molar-refractivity contribution is 14.1. The van der Waals surface area contributed by atoms with E-state index in [4.69, 9.17) is 5.11 Å². The highest BCUT2D eigenvalue weighted by atomic mass is 127. The molecule has 0 aliphatic carbocycles. The molecule has 0 bridgehead atoms. The first-order chi connectivity index (χ1) is 5.65. The van der Waals surface area contributed by atoms with Crippen molar-refractivity contribution in [2.45, 2.75) is 13.0 Å². The molecule has 0 aliphatic heterocycles. The third-order valence-corrected chi connectivity index (χ3v) is 2.35. The lowest BCUT2D eigenvalue weighted by Gasteiger charge is -2.02. The van der Waals surface area contributed by atoms with Crippen molar-refractivity contribution in [3.8, 4) is 0 Å². The average molecular weight is 285 g/mol. The van der Waals surface area contributed by atoms with Crippen molar-refractivity contribution < 1.29 is 13.9 Å². The first-order valence-corrected chi connectivity index (χ1v) is 4.26. The number of aliphatic hydroxyl groups excluding tert-OH is 1. The van der Waals surface area contributed by atoms with Crippen LogP contribution in [0, 0.1) is 3.57 Å². The second kappa shape index (κ2) is 4.08. The molecule has 12 heavy (non-hydrogen) atoms. The van der Waals surface area contributed by atoms with Gasteiger partial charge in [0.2, 0.25) is 0 Å². The Morgan fingerprint density at radius 2 is 2.25 bits per heavy atom. The van der Waals surface area contributed by atoms with Crippen LogP contribution in [0.5, 0.6) is 0 Å². The SMILES string of the molecule is OCc1cnc(C(F)F)cc1I.